The van der Waals surface area contributed by atoms with Crippen molar-refractivity contribution in [3.05, 3.63) is 48.0 Å². The van der Waals surface area contributed by atoms with E-state index in [0.29, 0.717) is 18.8 Å². The molecule has 0 unspecified atom stereocenters. The average Bonchev–Trinajstić information content (AvgIpc) is 2.38. The van der Waals surface area contributed by atoms with Crippen LogP contribution >= 0.6 is 0 Å². The first-order valence-corrected chi connectivity index (χ1v) is 5.58. The largest absolute Gasteiger partial charge is 0.368 e. The van der Waals surface area contributed by atoms with Gasteiger partial charge in [-0.1, -0.05) is 42.3 Å². The van der Waals surface area contributed by atoms with Crippen molar-refractivity contribution in [1.29, 1.82) is 0 Å². The molecule has 0 heterocycles. The first-order chi connectivity index (χ1) is 8.34. The van der Waals surface area contributed by atoms with Crippen molar-refractivity contribution in [2.45, 2.75) is 13.3 Å². The minimum Gasteiger partial charge on any atom is -0.368 e. The van der Waals surface area contributed by atoms with Gasteiger partial charge in [-0.25, -0.2) is 0 Å². The van der Waals surface area contributed by atoms with Gasteiger partial charge < -0.3 is 4.74 Å². The zero-order valence-corrected chi connectivity index (χ0v) is 9.98. The highest BCUT2D eigenvalue weighted by Gasteiger charge is 1.98. The number of carbonyl (C=O) groups excluding carboxylic acids is 1. The lowest BCUT2D eigenvalue weighted by Crippen LogP contribution is -1.95. The molecule has 2 heteroatoms. The van der Waals surface area contributed by atoms with E-state index in [1.807, 2.05) is 24.3 Å². The summed E-state index contributed by atoms with van der Waals surface area (Å²) in [5.74, 6) is 5.59. The van der Waals surface area contributed by atoms with Crippen LogP contribution in [0.4, 0.5) is 0 Å². The van der Waals surface area contributed by atoms with E-state index in [2.05, 4.69) is 11.8 Å². The summed E-state index contributed by atoms with van der Waals surface area (Å²) in [5.41, 5.74) is 0.710. The molecular weight excluding hydrogens is 212 g/mol. The molecule has 1 aromatic rings. The third-order valence-electron chi connectivity index (χ3n) is 2.11. The SMILES string of the molecule is CC#CCOCC/C=C/C(=O)c1ccccc1. The molecular formula is C15H16O2. The molecule has 0 atom stereocenters. The predicted octanol–water partition coefficient (Wildman–Crippen LogP) is 2.86. The molecule has 0 radical (unpaired) electrons. The predicted molar refractivity (Wildman–Crippen MR) is 68.8 cm³/mol. The van der Waals surface area contributed by atoms with Crippen LogP contribution in [-0.2, 0) is 4.74 Å². The smallest absolute Gasteiger partial charge is 0.185 e. The summed E-state index contributed by atoms with van der Waals surface area (Å²) in [6, 6.07) is 9.21. The summed E-state index contributed by atoms with van der Waals surface area (Å²) in [4.78, 5) is 11.6. The Morgan fingerprint density at radius 2 is 2.12 bits per heavy atom. The maximum absolute atomic E-state index is 11.6. The number of allylic oxidation sites excluding steroid dienone is 1. The van der Waals surface area contributed by atoms with Crippen molar-refractivity contribution in [1.82, 2.24) is 0 Å². The monoisotopic (exact) mass is 228 g/mol. The Morgan fingerprint density at radius 1 is 1.35 bits per heavy atom. The molecule has 0 amide bonds. The molecule has 2 nitrogen and oxygen atoms in total. The third kappa shape index (κ3) is 5.70. The molecule has 0 aliphatic heterocycles. The van der Waals surface area contributed by atoms with Gasteiger partial charge in [-0.15, -0.1) is 5.92 Å². The molecule has 0 aromatic heterocycles. The van der Waals surface area contributed by atoms with E-state index in [0.717, 1.165) is 6.42 Å². The highest BCUT2D eigenvalue weighted by Crippen LogP contribution is 2.01. The Hall–Kier alpha value is -1.85. The molecule has 0 aliphatic carbocycles. The van der Waals surface area contributed by atoms with E-state index in [9.17, 15) is 4.79 Å². The van der Waals surface area contributed by atoms with Crippen LogP contribution in [0.3, 0.4) is 0 Å². The quantitative estimate of drug-likeness (QED) is 0.324. The van der Waals surface area contributed by atoms with Crippen LogP contribution in [0.2, 0.25) is 0 Å². The van der Waals surface area contributed by atoms with Gasteiger partial charge in [0.2, 0.25) is 0 Å². The molecule has 1 rings (SSSR count). The molecule has 0 N–H and O–H groups in total. The second-order valence-corrected chi connectivity index (χ2v) is 3.40. The van der Waals surface area contributed by atoms with Gasteiger partial charge in [0.25, 0.3) is 0 Å². The summed E-state index contributed by atoms with van der Waals surface area (Å²) in [5, 5.41) is 0. The van der Waals surface area contributed by atoms with Gasteiger partial charge in [-0.3, -0.25) is 4.79 Å². The van der Waals surface area contributed by atoms with Crippen LogP contribution in [0.25, 0.3) is 0 Å². The van der Waals surface area contributed by atoms with Gasteiger partial charge in [0.05, 0.1) is 6.61 Å². The molecule has 0 fully saturated rings. The lowest BCUT2D eigenvalue weighted by Gasteiger charge is -1.96. The topological polar surface area (TPSA) is 26.3 Å². The van der Waals surface area contributed by atoms with Crippen LogP contribution in [0, 0.1) is 11.8 Å². The Morgan fingerprint density at radius 3 is 2.82 bits per heavy atom. The fourth-order valence-electron chi connectivity index (χ4n) is 1.24. The molecule has 0 aliphatic rings. The molecule has 0 bridgehead atoms. The number of ether oxygens (including phenoxy) is 1. The maximum Gasteiger partial charge on any atom is 0.185 e. The highest BCUT2D eigenvalue weighted by atomic mass is 16.5. The normalized spacial score (nSPS) is 9.94. The van der Waals surface area contributed by atoms with Crippen molar-refractivity contribution >= 4 is 5.78 Å². The molecule has 0 spiro atoms. The minimum absolute atomic E-state index is 0.0268. The van der Waals surface area contributed by atoms with Gasteiger partial charge in [-0.05, 0) is 19.4 Å². The van der Waals surface area contributed by atoms with E-state index in [1.165, 1.54) is 0 Å². The number of benzene rings is 1. The van der Waals surface area contributed by atoms with Crippen molar-refractivity contribution in [2.75, 3.05) is 13.2 Å². The van der Waals surface area contributed by atoms with Crippen molar-refractivity contribution in [2.24, 2.45) is 0 Å². The molecule has 88 valence electrons. The first kappa shape index (κ1) is 13.2. The van der Waals surface area contributed by atoms with Crippen LogP contribution < -0.4 is 0 Å². The molecule has 17 heavy (non-hydrogen) atoms. The third-order valence-corrected chi connectivity index (χ3v) is 2.11. The Bertz CT molecular complexity index is 421. The summed E-state index contributed by atoms with van der Waals surface area (Å²) in [7, 11) is 0. The van der Waals surface area contributed by atoms with E-state index in [-0.39, 0.29) is 5.78 Å². The number of hydrogen-bond donors (Lipinski definition) is 0. The van der Waals surface area contributed by atoms with Gasteiger partial charge in [0, 0.05) is 5.56 Å². The highest BCUT2D eigenvalue weighted by molar-refractivity contribution is 6.04. The molecule has 0 saturated carbocycles. The van der Waals surface area contributed by atoms with E-state index in [4.69, 9.17) is 4.74 Å². The fraction of sp³-hybridized carbons (Fsp3) is 0.267. The van der Waals surface area contributed by atoms with Crippen LogP contribution in [0.5, 0.6) is 0 Å². The fourth-order valence-corrected chi connectivity index (χ4v) is 1.24. The van der Waals surface area contributed by atoms with Crippen LogP contribution in [-0.4, -0.2) is 19.0 Å². The summed E-state index contributed by atoms with van der Waals surface area (Å²) < 4.78 is 5.23. The number of rotatable bonds is 6. The molecule has 1 aromatic carbocycles. The van der Waals surface area contributed by atoms with E-state index >= 15 is 0 Å². The number of hydrogen-bond acceptors (Lipinski definition) is 2. The van der Waals surface area contributed by atoms with E-state index < -0.39 is 0 Å². The van der Waals surface area contributed by atoms with Gasteiger partial charge in [0.15, 0.2) is 5.78 Å². The Balaban J connectivity index is 2.24. The van der Waals surface area contributed by atoms with Crippen molar-refractivity contribution < 1.29 is 9.53 Å². The molecule has 0 saturated heterocycles. The minimum atomic E-state index is 0.0268. The first-order valence-electron chi connectivity index (χ1n) is 5.58. The Labute approximate surface area is 102 Å². The Kier molecular flexibility index (Phi) is 6.47. The van der Waals surface area contributed by atoms with Crippen molar-refractivity contribution in [3.63, 3.8) is 0 Å². The van der Waals surface area contributed by atoms with Gasteiger partial charge in [-0.2, -0.15) is 0 Å². The zero-order valence-electron chi connectivity index (χ0n) is 9.98. The van der Waals surface area contributed by atoms with Gasteiger partial charge >= 0.3 is 0 Å². The second kappa shape index (κ2) is 8.32. The lowest BCUT2D eigenvalue weighted by molar-refractivity contribution is 0.104. The average molecular weight is 228 g/mol. The second-order valence-electron chi connectivity index (χ2n) is 3.40. The lowest BCUT2D eigenvalue weighted by atomic mass is 10.1. The maximum atomic E-state index is 11.6. The summed E-state index contributed by atoms with van der Waals surface area (Å²) >= 11 is 0. The van der Waals surface area contributed by atoms with Crippen molar-refractivity contribution in [3.8, 4) is 11.8 Å². The van der Waals surface area contributed by atoms with Crippen LogP contribution in [0.1, 0.15) is 23.7 Å². The standard InChI is InChI=1S/C15H16O2/c1-2-3-12-17-13-8-7-11-15(16)14-9-5-4-6-10-14/h4-7,9-11H,8,12-13H2,1H3/b11-7+. The summed E-state index contributed by atoms with van der Waals surface area (Å²) in [6.07, 6.45) is 4.14. The van der Waals surface area contributed by atoms with Crippen LogP contribution in [0.15, 0.2) is 42.5 Å². The zero-order chi connectivity index (χ0) is 12.3. The van der Waals surface area contributed by atoms with E-state index in [1.54, 1.807) is 25.1 Å². The number of carbonyl (C=O) groups is 1. The summed E-state index contributed by atoms with van der Waals surface area (Å²) in [6.45, 7) is 2.83. The van der Waals surface area contributed by atoms with Gasteiger partial charge in [0.1, 0.15) is 6.61 Å². The number of ketones is 1.